The van der Waals surface area contributed by atoms with Crippen LogP contribution in [0.3, 0.4) is 0 Å². The predicted octanol–water partition coefficient (Wildman–Crippen LogP) is 2.05. The molecule has 0 radical (unpaired) electrons. The molecule has 19 heavy (non-hydrogen) atoms. The highest BCUT2D eigenvalue weighted by Gasteiger charge is 2.09. The number of hydrogen-bond acceptors (Lipinski definition) is 6. The number of thiazole rings is 1. The molecule has 1 aromatic carbocycles. The molecule has 102 valence electrons. The molecule has 0 saturated heterocycles. The fourth-order valence-electron chi connectivity index (χ4n) is 1.60. The summed E-state index contributed by atoms with van der Waals surface area (Å²) in [4.78, 5) is 5.49. The number of nitrogens with two attached hydrogens (primary N) is 1. The molecule has 0 aliphatic carbocycles. The highest BCUT2D eigenvalue weighted by Crippen LogP contribution is 2.23. The Kier molecular flexibility index (Phi) is 3.77. The van der Waals surface area contributed by atoms with E-state index in [-0.39, 0.29) is 4.90 Å². The van der Waals surface area contributed by atoms with Crippen LogP contribution in [-0.2, 0) is 16.4 Å². The summed E-state index contributed by atoms with van der Waals surface area (Å²) in [5.41, 5.74) is 6.99. The Morgan fingerprint density at radius 1 is 1.42 bits per heavy atom. The fraction of sp³-hybridized carbons (Fsp3) is 0.250. The van der Waals surface area contributed by atoms with E-state index in [0.717, 1.165) is 21.8 Å². The maximum Gasteiger partial charge on any atom is 0.175 e. The second kappa shape index (κ2) is 5.18. The molecule has 0 bridgehead atoms. The number of sulfone groups is 1. The van der Waals surface area contributed by atoms with Gasteiger partial charge in [0.25, 0.3) is 0 Å². The Balaban J connectivity index is 2.14. The molecule has 0 atom stereocenters. The van der Waals surface area contributed by atoms with Gasteiger partial charge in [0.05, 0.1) is 27.8 Å². The third-order valence-electron chi connectivity index (χ3n) is 2.57. The number of aryl methyl sites for hydroxylation is 1. The monoisotopic (exact) mass is 297 g/mol. The quantitative estimate of drug-likeness (QED) is 0.844. The molecule has 0 unspecified atom stereocenters. The van der Waals surface area contributed by atoms with Crippen molar-refractivity contribution < 1.29 is 8.42 Å². The molecule has 5 nitrogen and oxygen atoms in total. The topological polar surface area (TPSA) is 85.1 Å². The molecule has 0 saturated carbocycles. The number of nitrogens with zero attached hydrogens (tertiary/aromatic N) is 1. The highest BCUT2D eigenvalue weighted by molar-refractivity contribution is 7.90. The van der Waals surface area contributed by atoms with E-state index in [0.29, 0.717) is 12.2 Å². The van der Waals surface area contributed by atoms with Gasteiger partial charge in [-0.3, -0.25) is 0 Å². The summed E-state index contributed by atoms with van der Waals surface area (Å²) >= 11 is 1.61. The zero-order valence-electron chi connectivity index (χ0n) is 10.7. The average Bonchev–Trinajstić information content (AvgIpc) is 2.72. The van der Waals surface area contributed by atoms with Crippen molar-refractivity contribution in [3.63, 3.8) is 0 Å². The van der Waals surface area contributed by atoms with E-state index < -0.39 is 9.84 Å². The van der Waals surface area contributed by atoms with Crippen LogP contribution < -0.4 is 11.1 Å². The van der Waals surface area contributed by atoms with Crippen LogP contribution >= 0.6 is 11.3 Å². The van der Waals surface area contributed by atoms with Crippen LogP contribution in [0, 0.1) is 6.92 Å². The summed E-state index contributed by atoms with van der Waals surface area (Å²) in [5, 5.41) is 4.18. The van der Waals surface area contributed by atoms with Crippen molar-refractivity contribution >= 4 is 32.5 Å². The Morgan fingerprint density at radius 2 is 2.16 bits per heavy atom. The van der Waals surface area contributed by atoms with Crippen molar-refractivity contribution in [2.45, 2.75) is 18.4 Å². The Bertz CT molecular complexity index is 693. The third-order valence-corrected chi connectivity index (χ3v) is 4.60. The van der Waals surface area contributed by atoms with Crippen LogP contribution in [0.15, 0.2) is 29.3 Å². The average molecular weight is 297 g/mol. The van der Waals surface area contributed by atoms with E-state index in [1.165, 1.54) is 6.07 Å². The lowest BCUT2D eigenvalue weighted by molar-refractivity contribution is 0.602. The summed E-state index contributed by atoms with van der Waals surface area (Å²) in [6.45, 7) is 2.57. The van der Waals surface area contributed by atoms with E-state index in [9.17, 15) is 8.42 Å². The van der Waals surface area contributed by atoms with Crippen LogP contribution in [0.2, 0.25) is 0 Å². The smallest absolute Gasteiger partial charge is 0.175 e. The van der Waals surface area contributed by atoms with Crippen LogP contribution in [0.25, 0.3) is 0 Å². The number of hydrogen-bond donors (Lipinski definition) is 2. The summed E-state index contributed by atoms with van der Waals surface area (Å²) in [5.74, 6) is 0. The minimum absolute atomic E-state index is 0.226. The molecule has 1 aromatic heterocycles. The number of benzene rings is 1. The van der Waals surface area contributed by atoms with Gasteiger partial charge in [-0.05, 0) is 25.1 Å². The van der Waals surface area contributed by atoms with E-state index in [4.69, 9.17) is 5.73 Å². The van der Waals surface area contributed by atoms with Crippen molar-refractivity contribution in [2.24, 2.45) is 0 Å². The Morgan fingerprint density at radius 3 is 2.68 bits per heavy atom. The highest BCUT2D eigenvalue weighted by atomic mass is 32.2. The van der Waals surface area contributed by atoms with Gasteiger partial charge in [0, 0.05) is 17.3 Å². The first kappa shape index (κ1) is 13.8. The van der Waals surface area contributed by atoms with Crippen LogP contribution in [0.4, 0.5) is 11.4 Å². The standard InChI is InChI=1S/C12H15N3O2S2/c1-8-14-6-9(18-8)7-15-12-4-3-10(5-11(12)13)19(2,16)17/h3-6,15H,7,13H2,1-2H3. The minimum Gasteiger partial charge on any atom is -0.397 e. The number of aromatic nitrogens is 1. The largest absolute Gasteiger partial charge is 0.397 e. The number of rotatable bonds is 4. The van der Waals surface area contributed by atoms with Gasteiger partial charge < -0.3 is 11.1 Å². The van der Waals surface area contributed by atoms with Gasteiger partial charge in [-0.25, -0.2) is 13.4 Å². The van der Waals surface area contributed by atoms with Gasteiger partial charge in [0.15, 0.2) is 9.84 Å². The zero-order chi connectivity index (χ0) is 14.0. The SMILES string of the molecule is Cc1ncc(CNc2ccc(S(C)(=O)=O)cc2N)s1. The normalized spacial score (nSPS) is 11.5. The molecule has 0 amide bonds. The molecular formula is C12H15N3O2S2. The summed E-state index contributed by atoms with van der Waals surface area (Å²) in [6, 6.07) is 4.70. The number of nitrogen functional groups attached to an aromatic ring is 1. The van der Waals surface area contributed by atoms with Gasteiger partial charge in [-0.1, -0.05) is 0 Å². The molecule has 0 aliphatic rings. The first-order valence-corrected chi connectivity index (χ1v) is 8.32. The maximum absolute atomic E-state index is 11.4. The second-order valence-corrected chi connectivity index (χ2v) is 7.56. The van der Waals surface area contributed by atoms with Crippen molar-refractivity contribution in [3.8, 4) is 0 Å². The van der Waals surface area contributed by atoms with Gasteiger partial charge >= 0.3 is 0 Å². The molecule has 1 heterocycles. The fourth-order valence-corrected chi connectivity index (χ4v) is 2.99. The first-order valence-electron chi connectivity index (χ1n) is 5.61. The van der Waals surface area contributed by atoms with Gasteiger partial charge in [0.1, 0.15) is 0 Å². The molecule has 2 rings (SSSR count). The first-order chi connectivity index (χ1) is 8.86. The second-order valence-electron chi connectivity index (χ2n) is 4.22. The van der Waals surface area contributed by atoms with Crippen molar-refractivity contribution in [1.29, 1.82) is 0 Å². The molecule has 3 N–H and O–H groups in total. The molecular weight excluding hydrogens is 282 g/mol. The van der Waals surface area contributed by atoms with Crippen molar-refractivity contribution in [2.75, 3.05) is 17.3 Å². The minimum atomic E-state index is -3.22. The number of anilines is 2. The van der Waals surface area contributed by atoms with Crippen molar-refractivity contribution in [1.82, 2.24) is 4.98 Å². The Labute approximate surface area is 116 Å². The molecule has 0 aliphatic heterocycles. The predicted molar refractivity (Wildman–Crippen MR) is 78.1 cm³/mol. The van der Waals surface area contributed by atoms with E-state index in [2.05, 4.69) is 10.3 Å². The van der Waals surface area contributed by atoms with E-state index in [1.807, 2.05) is 13.1 Å². The van der Waals surface area contributed by atoms with E-state index in [1.54, 1.807) is 23.5 Å². The van der Waals surface area contributed by atoms with Crippen molar-refractivity contribution in [3.05, 3.63) is 34.3 Å². The lowest BCUT2D eigenvalue weighted by Gasteiger charge is -2.09. The van der Waals surface area contributed by atoms with Crippen LogP contribution in [0.1, 0.15) is 9.88 Å². The maximum atomic E-state index is 11.4. The lowest BCUT2D eigenvalue weighted by atomic mass is 10.2. The van der Waals surface area contributed by atoms with Gasteiger partial charge in [-0.15, -0.1) is 11.3 Å². The third kappa shape index (κ3) is 3.45. The molecule has 0 spiro atoms. The van der Waals surface area contributed by atoms with E-state index >= 15 is 0 Å². The lowest BCUT2D eigenvalue weighted by Crippen LogP contribution is -2.04. The van der Waals surface area contributed by atoms with Crippen LogP contribution in [-0.4, -0.2) is 19.7 Å². The summed E-state index contributed by atoms with van der Waals surface area (Å²) in [7, 11) is -3.22. The zero-order valence-corrected chi connectivity index (χ0v) is 12.3. The number of nitrogens with one attached hydrogen (secondary N) is 1. The van der Waals surface area contributed by atoms with Crippen LogP contribution in [0.5, 0.6) is 0 Å². The molecule has 0 fully saturated rings. The summed E-state index contributed by atoms with van der Waals surface area (Å²) < 4.78 is 22.8. The Hall–Kier alpha value is -1.60. The molecule has 2 aromatic rings. The van der Waals surface area contributed by atoms with Gasteiger partial charge in [0.2, 0.25) is 0 Å². The van der Waals surface area contributed by atoms with Gasteiger partial charge in [-0.2, -0.15) is 0 Å². The summed E-state index contributed by atoms with van der Waals surface area (Å²) in [6.07, 6.45) is 2.98. The molecule has 7 heteroatoms.